The third-order valence-corrected chi connectivity index (χ3v) is 2.52. The molecule has 0 fully saturated rings. The molecule has 1 amide bonds. The van der Waals surface area contributed by atoms with Crippen molar-refractivity contribution in [2.75, 3.05) is 13.2 Å². The van der Waals surface area contributed by atoms with Gasteiger partial charge in [-0.1, -0.05) is 0 Å². The first-order chi connectivity index (χ1) is 10.1. The van der Waals surface area contributed by atoms with Crippen molar-refractivity contribution in [3.8, 4) is 5.75 Å². The fourth-order valence-corrected chi connectivity index (χ4v) is 1.54. The van der Waals surface area contributed by atoms with Crippen molar-refractivity contribution in [1.82, 2.24) is 15.1 Å². The van der Waals surface area contributed by atoms with Crippen LogP contribution in [0.2, 0.25) is 0 Å². The first-order valence-electron chi connectivity index (χ1n) is 6.10. The number of hydrogen-bond donors (Lipinski definition) is 2. The molecule has 1 heterocycles. The summed E-state index contributed by atoms with van der Waals surface area (Å²) < 4.78 is 32.5. The number of halogens is 2. The third kappa shape index (κ3) is 3.99. The van der Waals surface area contributed by atoms with Crippen LogP contribution in [0.1, 0.15) is 10.5 Å². The van der Waals surface area contributed by atoms with Crippen molar-refractivity contribution in [2.45, 2.75) is 6.73 Å². The minimum atomic E-state index is -0.817. The van der Waals surface area contributed by atoms with Crippen LogP contribution in [0, 0.1) is 11.6 Å². The molecule has 0 bridgehead atoms. The van der Waals surface area contributed by atoms with E-state index in [4.69, 9.17) is 9.84 Å². The van der Waals surface area contributed by atoms with Gasteiger partial charge in [-0.25, -0.2) is 13.5 Å². The van der Waals surface area contributed by atoms with Gasteiger partial charge in [-0.15, -0.1) is 0 Å². The van der Waals surface area contributed by atoms with E-state index < -0.39 is 17.5 Å². The molecule has 1 aromatic carbocycles. The van der Waals surface area contributed by atoms with Gasteiger partial charge in [0.05, 0.1) is 6.61 Å². The van der Waals surface area contributed by atoms with E-state index in [2.05, 4.69) is 10.4 Å². The largest absolute Gasteiger partial charge is 0.468 e. The van der Waals surface area contributed by atoms with E-state index in [9.17, 15) is 13.6 Å². The molecule has 6 nitrogen and oxygen atoms in total. The molecule has 0 aliphatic rings. The smallest absolute Gasteiger partial charge is 0.271 e. The second-order valence-corrected chi connectivity index (χ2v) is 4.07. The van der Waals surface area contributed by atoms with Gasteiger partial charge in [0.25, 0.3) is 5.91 Å². The number of carbonyl (C=O) groups is 1. The predicted molar refractivity (Wildman–Crippen MR) is 68.6 cm³/mol. The summed E-state index contributed by atoms with van der Waals surface area (Å²) in [7, 11) is 0. The van der Waals surface area contributed by atoms with Gasteiger partial charge in [-0.3, -0.25) is 4.79 Å². The molecule has 0 spiro atoms. The highest BCUT2D eigenvalue weighted by Gasteiger charge is 2.09. The van der Waals surface area contributed by atoms with Crippen molar-refractivity contribution >= 4 is 5.91 Å². The van der Waals surface area contributed by atoms with Gasteiger partial charge < -0.3 is 15.2 Å². The number of ether oxygens (including phenoxy) is 1. The summed E-state index contributed by atoms with van der Waals surface area (Å²) in [5.74, 6) is -2.06. The maximum atomic E-state index is 13.3. The number of carbonyl (C=O) groups excluding carboxylic acids is 1. The van der Waals surface area contributed by atoms with Gasteiger partial charge in [0.1, 0.15) is 11.5 Å². The molecule has 2 N–H and O–H groups in total. The summed E-state index contributed by atoms with van der Waals surface area (Å²) in [4.78, 5) is 11.5. The lowest BCUT2D eigenvalue weighted by Crippen LogP contribution is -2.27. The first kappa shape index (κ1) is 14.9. The Kier molecular flexibility index (Phi) is 4.83. The molecule has 0 atom stereocenters. The molecule has 21 heavy (non-hydrogen) atoms. The number of benzene rings is 1. The predicted octanol–water partition coefficient (Wildman–Crippen LogP) is 0.920. The molecule has 1 aromatic heterocycles. The monoisotopic (exact) mass is 297 g/mol. The Labute approximate surface area is 119 Å². The molecule has 0 aliphatic heterocycles. The Morgan fingerprint density at radius 2 is 2.19 bits per heavy atom. The van der Waals surface area contributed by atoms with E-state index in [0.717, 1.165) is 6.07 Å². The van der Waals surface area contributed by atoms with Gasteiger partial charge in [0.2, 0.25) is 0 Å². The standard InChI is InChI=1S/C13H13F2N3O3/c14-9-1-2-12(10(15)7-9)21-8-18-5-3-11(17-18)13(20)16-4-6-19/h1-3,5,7,19H,4,6,8H2,(H,16,20). The van der Waals surface area contributed by atoms with Gasteiger partial charge in [-0.2, -0.15) is 5.10 Å². The van der Waals surface area contributed by atoms with E-state index >= 15 is 0 Å². The van der Waals surface area contributed by atoms with E-state index in [1.54, 1.807) is 0 Å². The van der Waals surface area contributed by atoms with Crippen molar-refractivity contribution in [3.63, 3.8) is 0 Å². The molecule has 8 heteroatoms. The number of nitrogens with one attached hydrogen (secondary N) is 1. The van der Waals surface area contributed by atoms with Crippen molar-refractivity contribution in [1.29, 1.82) is 0 Å². The molecule has 0 saturated heterocycles. The second-order valence-electron chi connectivity index (χ2n) is 4.07. The molecule has 0 unspecified atom stereocenters. The summed E-state index contributed by atoms with van der Waals surface area (Å²) in [5.41, 5.74) is 0.145. The highest BCUT2D eigenvalue weighted by Crippen LogP contribution is 2.17. The quantitative estimate of drug-likeness (QED) is 0.831. The minimum Gasteiger partial charge on any atom is -0.468 e. The van der Waals surface area contributed by atoms with E-state index in [0.29, 0.717) is 6.07 Å². The Bertz CT molecular complexity index is 631. The Hall–Kier alpha value is -2.48. The third-order valence-electron chi connectivity index (χ3n) is 2.52. The van der Waals surface area contributed by atoms with E-state index in [-0.39, 0.29) is 31.3 Å². The lowest BCUT2D eigenvalue weighted by Gasteiger charge is -2.07. The van der Waals surface area contributed by atoms with Crippen LogP contribution in [0.3, 0.4) is 0 Å². The van der Waals surface area contributed by atoms with E-state index in [1.807, 2.05) is 0 Å². The molecule has 0 aliphatic carbocycles. The number of amides is 1. The average molecular weight is 297 g/mol. The van der Waals surface area contributed by atoms with Crippen LogP contribution in [-0.2, 0) is 6.73 Å². The van der Waals surface area contributed by atoms with E-state index in [1.165, 1.54) is 23.0 Å². The van der Waals surface area contributed by atoms with Crippen molar-refractivity contribution in [2.24, 2.45) is 0 Å². The van der Waals surface area contributed by atoms with Gasteiger partial charge in [-0.05, 0) is 18.2 Å². The molecule has 0 saturated carbocycles. The number of aliphatic hydroxyl groups excluding tert-OH is 1. The highest BCUT2D eigenvalue weighted by atomic mass is 19.1. The zero-order valence-corrected chi connectivity index (χ0v) is 10.9. The second kappa shape index (κ2) is 6.80. The summed E-state index contributed by atoms with van der Waals surface area (Å²) in [6.07, 6.45) is 1.48. The van der Waals surface area contributed by atoms with Crippen LogP contribution in [-0.4, -0.2) is 33.9 Å². The number of aliphatic hydroxyl groups is 1. The lowest BCUT2D eigenvalue weighted by atomic mass is 10.3. The van der Waals surface area contributed by atoms with Crippen LogP contribution in [0.15, 0.2) is 30.5 Å². The maximum Gasteiger partial charge on any atom is 0.271 e. The van der Waals surface area contributed by atoms with Crippen LogP contribution < -0.4 is 10.1 Å². The highest BCUT2D eigenvalue weighted by molar-refractivity contribution is 5.92. The van der Waals surface area contributed by atoms with Gasteiger partial charge >= 0.3 is 0 Å². The van der Waals surface area contributed by atoms with Gasteiger partial charge in [0.15, 0.2) is 18.3 Å². The van der Waals surface area contributed by atoms with Gasteiger partial charge in [0, 0.05) is 18.8 Å². The Balaban J connectivity index is 1.95. The molecule has 112 valence electrons. The molecular weight excluding hydrogens is 284 g/mol. The maximum absolute atomic E-state index is 13.3. The number of hydrogen-bond acceptors (Lipinski definition) is 4. The fourth-order valence-electron chi connectivity index (χ4n) is 1.54. The number of nitrogens with zero attached hydrogens (tertiary/aromatic N) is 2. The lowest BCUT2D eigenvalue weighted by molar-refractivity contribution is 0.0937. The van der Waals surface area contributed by atoms with Crippen LogP contribution in [0.5, 0.6) is 5.75 Å². The molecule has 0 radical (unpaired) electrons. The minimum absolute atomic E-state index is 0.113. The summed E-state index contributed by atoms with van der Waals surface area (Å²) in [6.45, 7) is -0.168. The van der Waals surface area contributed by atoms with Crippen molar-refractivity contribution in [3.05, 3.63) is 47.8 Å². The summed E-state index contributed by atoms with van der Waals surface area (Å²) in [6, 6.07) is 4.42. The zero-order valence-electron chi connectivity index (χ0n) is 10.9. The first-order valence-corrected chi connectivity index (χ1v) is 6.10. The number of aromatic nitrogens is 2. The SMILES string of the molecule is O=C(NCCO)c1ccn(COc2ccc(F)cc2F)n1. The summed E-state index contributed by atoms with van der Waals surface area (Å²) in [5, 5.41) is 15.0. The Morgan fingerprint density at radius 1 is 1.38 bits per heavy atom. The van der Waals surface area contributed by atoms with Crippen LogP contribution >= 0.6 is 0 Å². The molecule has 2 aromatic rings. The fraction of sp³-hybridized carbons (Fsp3) is 0.231. The number of rotatable bonds is 6. The van der Waals surface area contributed by atoms with Crippen LogP contribution in [0.25, 0.3) is 0 Å². The molecular formula is C13H13F2N3O3. The van der Waals surface area contributed by atoms with Crippen LogP contribution in [0.4, 0.5) is 8.78 Å². The normalized spacial score (nSPS) is 10.4. The van der Waals surface area contributed by atoms with Crippen molar-refractivity contribution < 1.29 is 23.4 Å². The molecule has 2 rings (SSSR count). The average Bonchev–Trinajstić information content (AvgIpc) is 2.93. The topological polar surface area (TPSA) is 76.4 Å². The Morgan fingerprint density at radius 3 is 2.90 bits per heavy atom. The summed E-state index contributed by atoms with van der Waals surface area (Å²) >= 11 is 0. The zero-order chi connectivity index (χ0) is 15.2.